The van der Waals surface area contributed by atoms with E-state index in [4.69, 9.17) is 4.74 Å². The van der Waals surface area contributed by atoms with E-state index in [0.717, 1.165) is 18.8 Å². The zero-order valence-electron chi connectivity index (χ0n) is 15.7. The highest BCUT2D eigenvalue weighted by Gasteiger charge is 2.19. The van der Waals surface area contributed by atoms with Crippen molar-refractivity contribution in [3.8, 4) is 0 Å². The van der Waals surface area contributed by atoms with Crippen LogP contribution in [0.1, 0.15) is 66.7 Å². The van der Waals surface area contributed by atoms with E-state index in [1.54, 1.807) is 11.6 Å². The van der Waals surface area contributed by atoms with Crippen LogP contribution in [0, 0.1) is 5.92 Å². The molecule has 2 unspecified atom stereocenters. The lowest BCUT2D eigenvalue weighted by molar-refractivity contribution is -0.138. The maximum absolute atomic E-state index is 10.2. The first-order valence-electron chi connectivity index (χ1n) is 8.43. The van der Waals surface area contributed by atoms with Crippen LogP contribution in [0.4, 0.5) is 0 Å². The van der Waals surface area contributed by atoms with Crippen molar-refractivity contribution >= 4 is 6.47 Å². The molecule has 0 fully saturated rings. The van der Waals surface area contributed by atoms with Gasteiger partial charge in [-0.25, -0.2) is 0 Å². The van der Waals surface area contributed by atoms with E-state index in [1.165, 1.54) is 30.4 Å². The van der Waals surface area contributed by atoms with Gasteiger partial charge in [0.15, 0.2) is 0 Å². The summed E-state index contributed by atoms with van der Waals surface area (Å²) in [5.41, 5.74) is 3.66. The monoisotopic (exact) mass is 318 g/mol. The standard InChI is InChI=1S/C11H18O2.C10H16/c1-5-11(4,13-9-12)8-6-7-10(2)3;1-8(2)10-6-4-9(3)5-7-10/h5,7,9H,1,6,8H2,2-4H3;4,10H,1,5-7H2,2-3H3. The molecule has 0 saturated heterocycles. The summed E-state index contributed by atoms with van der Waals surface area (Å²) in [6.45, 7) is 18.4. The maximum Gasteiger partial charge on any atom is 0.293 e. The minimum Gasteiger partial charge on any atom is -0.457 e. The summed E-state index contributed by atoms with van der Waals surface area (Å²) in [6.07, 6.45) is 11.6. The van der Waals surface area contributed by atoms with Crippen molar-refractivity contribution in [2.45, 2.75) is 72.3 Å². The molecule has 0 aliphatic heterocycles. The molecule has 0 amide bonds. The summed E-state index contributed by atoms with van der Waals surface area (Å²) in [5, 5.41) is 0. The van der Waals surface area contributed by atoms with Gasteiger partial charge in [0.25, 0.3) is 6.47 Å². The summed E-state index contributed by atoms with van der Waals surface area (Å²) in [6, 6.07) is 0. The highest BCUT2D eigenvalue weighted by Crippen LogP contribution is 2.27. The number of hydrogen-bond acceptors (Lipinski definition) is 2. The predicted molar refractivity (Wildman–Crippen MR) is 100 cm³/mol. The molecule has 2 heteroatoms. The smallest absolute Gasteiger partial charge is 0.293 e. The lowest BCUT2D eigenvalue weighted by Crippen LogP contribution is -2.24. The first kappa shape index (κ1) is 21.4. The van der Waals surface area contributed by atoms with E-state index in [2.05, 4.69) is 39.2 Å². The van der Waals surface area contributed by atoms with Crippen molar-refractivity contribution in [1.29, 1.82) is 0 Å². The Labute approximate surface area is 143 Å². The molecule has 1 aliphatic carbocycles. The molecule has 0 radical (unpaired) electrons. The van der Waals surface area contributed by atoms with Crippen molar-refractivity contribution in [2.24, 2.45) is 5.92 Å². The summed E-state index contributed by atoms with van der Waals surface area (Å²) < 4.78 is 4.93. The molecule has 0 aromatic heterocycles. The molecule has 0 heterocycles. The molecule has 1 rings (SSSR count). The number of carbonyl (C=O) groups excluding carboxylic acids is 1. The molecule has 0 aromatic rings. The van der Waals surface area contributed by atoms with E-state index in [1.807, 2.05) is 20.8 Å². The number of rotatable bonds is 7. The van der Waals surface area contributed by atoms with Gasteiger partial charge in [-0.1, -0.05) is 42.0 Å². The Kier molecular flexibility index (Phi) is 10.3. The van der Waals surface area contributed by atoms with Crippen LogP contribution < -0.4 is 0 Å². The van der Waals surface area contributed by atoms with Crippen LogP contribution in [0.2, 0.25) is 0 Å². The molecular weight excluding hydrogens is 284 g/mol. The first-order chi connectivity index (χ1) is 10.7. The van der Waals surface area contributed by atoms with Crippen LogP contribution in [-0.2, 0) is 9.53 Å². The van der Waals surface area contributed by atoms with E-state index < -0.39 is 5.60 Å². The summed E-state index contributed by atoms with van der Waals surface area (Å²) in [4.78, 5) is 10.2. The molecule has 1 aliphatic rings. The zero-order chi connectivity index (χ0) is 17.9. The second-order valence-electron chi connectivity index (χ2n) is 6.92. The van der Waals surface area contributed by atoms with Crippen LogP contribution >= 0.6 is 0 Å². The molecular formula is C21H34O2. The number of carbonyl (C=O) groups is 1. The minimum atomic E-state index is -0.520. The van der Waals surface area contributed by atoms with Crippen molar-refractivity contribution in [2.75, 3.05) is 0 Å². The van der Waals surface area contributed by atoms with Crippen LogP contribution in [0.25, 0.3) is 0 Å². The second kappa shape index (κ2) is 11.0. The van der Waals surface area contributed by atoms with Gasteiger partial charge < -0.3 is 4.74 Å². The summed E-state index contributed by atoms with van der Waals surface area (Å²) in [7, 11) is 0. The second-order valence-corrected chi connectivity index (χ2v) is 6.92. The number of allylic oxidation sites excluding steroid dienone is 5. The van der Waals surface area contributed by atoms with Gasteiger partial charge in [0.05, 0.1) is 0 Å². The van der Waals surface area contributed by atoms with Crippen molar-refractivity contribution in [3.05, 3.63) is 48.1 Å². The zero-order valence-corrected chi connectivity index (χ0v) is 15.7. The Morgan fingerprint density at radius 1 is 1.43 bits per heavy atom. The maximum atomic E-state index is 10.2. The van der Waals surface area contributed by atoms with Crippen molar-refractivity contribution < 1.29 is 9.53 Å². The fourth-order valence-corrected chi connectivity index (χ4v) is 2.38. The average molecular weight is 319 g/mol. The Morgan fingerprint density at radius 2 is 2.09 bits per heavy atom. The fourth-order valence-electron chi connectivity index (χ4n) is 2.38. The van der Waals surface area contributed by atoms with Gasteiger partial charge >= 0.3 is 0 Å². The van der Waals surface area contributed by atoms with Crippen molar-refractivity contribution in [3.63, 3.8) is 0 Å². The van der Waals surface area contributed by atoms with Crippen LogP contribution in [-0.4, -0.2) is 12.1 Å². The topological polar surface area (TPSA) is 26.3 Å². The van der Waals surface area contributed by atoms with E-state index in [0.29, 0.717) is 6.47 Å². The number of hydrogen-bond donors (Lipinski definition) is 0. The quantitative estimate of drug-likeness (QED) is 0.415. The van der Waals surface area contributed by atoms with Gasteiger partial charge in [-0.3, -0.25) is 4.79 Å². The average Bonchev–Trinajstić information content (AvgIpc) is 2.48. The third-order valence-electron chi connectivity index (χ3n) is 4.28. The largest absolute Gasteiger partial charge is 0.457 e. The highest BCUT2D eigenvalue weighted by atomic mass is 16.5. The third kappa shape index (κ3) is 9.93. The van der Waals surface area contributed by atoms with E-state index >= 15 is 0 Å². The minimum absolute atomic E-state index is 0.476. The van der Waals surface area contributed by atoms with Gasteiger partial charge in [-0.15, -0.1) is 0 Å². The molecule has 0 spiro atoms. The van der Waals surface area contributed by atoms with Gasteiger partial charge in [0.2, 0.25) is 0 Å². The van der Waals surface area contributed by atoms with Crippen LogP contribution in [0.3, 0.4) is 0 Å². The molecule has 0 aromatic carbocycles. The van der Waals surface area contributed by atoms with Gasteiger partial charge in [-0.2, -0.15) is 0 Å². The molecule has 2 nitrogen and oxygen atoms in total. The number of ether oxygens (including phenoxy) is 1. The Morgan fingerprint density at radius 3 is 2.48 bits per heavy atom. The molecule has 2 atom stereocenters. The van der Waals surface area contributed by atoms with Gasteiger partial charge in [-0.05, 0) is 78.7 Å². The predicted octanol–water partition coefficient (Wildman–Crippen LogP) is 6.16. The molecule has 130 valence electrons. The molecule has 23 heavy (non-hydrogen) atoms. The molecule has 0 saturated carbocycles. The van der Waals surface area contributed by atoms with E-state index in [9.17, 15) is 4.79 Å². The molecule has 0 N–H and O–H groups in total. The molecule has 0 bridgehead atoms. The normalized spacial score (nSPS) is 19.2. The lowest BCUT2D eigenvalue weighted by Gasteiger charge is -2.22. The highest BCUT2D eigenvalue weighted by molar-refractivity contribution is 5.39. The Hall–Kier alpha value is -1.57. The van der Waals surface area contributed by atoms with Gasteiger partial charge in [0, 0.05) is 0 Å². The van der Waals surface area contributed by atoms with Crippen molar-refractivity contribution in [1.82, 2.24) is 0 Å². The summed E-state index contributed by atoms with van der Waals surface area (Å²) >= 11 is 0. The fraction of sp³-hybridized carbons (Fsp3) is 0.571. The van der Waals surface area contributed by atoms with Crippen LogP contribution in [0.15, 0.2) is 48.1 Å². The summed E-state index contributed by atoms with van der Waals surface area (Å²) in [5.74, 6) is 0.767. The lowest BCUT2D eigenvalue weighted by atomic mass is 9.86. The Bertz CT molecular complexity index is 452. The first-order valence-corrected chi connectivity index (χ1v) is 8.43. The van der Waals surface area contributed by atoms with Crippen LogP contribution in [0.5, 0.6) is 0 Å². The van der Waals surface area contributed by atoms with E-state index in [-0.39, 0.29) is 0 Å². The Balaban J connectivity index is 0.000000433. The third-order valence-corrected chi connectivity index (χ3v) is 4.28. The van der Waals surface area contributed by atoms with Gasteiger partial charge in [0.1, 0.15) is 5.60 Å². The SMILES string of the molecule is C=C(C)C1CC=C(C)CC1.C=CC(C)(CCC=C(C)C)OC=O.